The minimum absolute atomic E-state index is 0. The number of rotatable bonds is 8. The summed E-state index contributed by atoms with van der Waals surface area (Å²) in [4.78, 5) is 13.1. The molecule has 2 aromatic heterocycles. The molecule has 1 aliphatic rings. The third kappa shape index (κ3) is 7.53. The van der Waals surface area contributed by atoms with Gasteiger partial charge in [0.1, 0.15) is 0 Å². The molecule has 0 radical (unpaired) electrons. The quantitative estimate of drug-likeness (QED) is 0.307. The van der Waals surface area contributed by atoms with Crippen molar-refractivity contribution in [2.75, 3.05) is 32.7 Å². The number of nitrogens with one attached hydrogen (secondary N) is 2. The predicted molar refractivity (Wildman–Crippen MR) is 129 cm³/mol. The summed E-state index contributed by atoms with van der Waals surface area (Å²) in [5, 5.41) is 12.7. The molecule has 0 spiro atoms. The second-order valence-corrected chi connectivity index (χ2v) is 8.36. The van der Waals surface area contributed by atoms with Crippen molar-refractivity contribution in [1.82, 2.24) is 25.7 Å². The molecule has 0 bridgehead atoms. The van der Waals surface area contributed by atoms with Gasteiger partial charge in [-0.25, -0.2) is 0 Å². The number of piperidine rings is 1. The molecule has 0 amide bonds. The van der Waals surface area contributed by atoms with E-state index in [0.29, 0.717) is 30.7 Å². The van der Waals surface area contributed by atoms with Crippen LogP contribution in [0.15, 0.2) is 27.0 Å². The van der Waals surface area contributed by atoms with Crippen molar-refractivity contribution >= 4 is 41.3 Å². The third-order valence-corrected chi connectivity index (χ3v) is 6.07. The van der Waals surface area contributed by atoms with Gasteiger partial charge in [-0.05, 0) is 57.1 Å². The van der Waals surface area contributed by atoms with Crippen LogP contribution in [0.3, 0.4) is 0 Å². The molecule has 3 rings (SSSR count). The summed E-state index contributed by atoms with van der Waals surface area (Å²) in [7, 11) is 0. The summed E-state index contributed by atoms with van der Waals surface area (Å²) in [5.74, 6) is 2.99. The Labute approximate surface area is 194 Å². The van der Waals surface area contributed by atoms with Crippen molar-refractivity contribution < 1.29 is 4.52 Å². The van der Waals surface area contributed by atoms with Gasteiger partial charge in [0, 0.05) is 24.4 Å². The molecule has 9 heteroatoms. The van der Waals surface area contributed by atoms with E-state index in [9.17, 15) is 0 Å². The molecule has 1 atom stereocenters. The zero-order chi connectivity index (χ0) is 19.8. The zero-order valence-corrected chi connectivity index (χ0v) is 20.7. The Morgan fingerprint density at radius 1 is 1.38 bits per heavy atom. The Bertz CT molecular complexity index is 727. The van der Waals surface area contributed by atoms with Crippen LogP contribution in [0.4, 0.5) is 0 Å². The standard InChI is InChI=1S/C20H32N6OS.HI/c1-4-21-20(22-10-7-19-24-16(3)25-27-19)23-14-17(18-6-5-13-28-18)26-11-8-15(2)9-12-26;/h5-6,13,15,17H,4,7-12,14H2,1-3H3,(H2,21,22,23);1H. The van der Waals surface area contributed by atoms with Crippen LogP contribution in [0.1, 0.15) is 49.3 Å². The van der Waals surface area contributed by atoms with Crippen LogP contribution in [-0.2, 0) is 6.42 Å². The summed E-state index contributed by atoms with van der Waals surface area (Å²) in [6.45, 7) is 10.9. The summed E-state index contributed by atoms with van der Waals surface area (Å²) in [5.41, 5.74) is 0. The average Bonchev–Trinajstić information content (AvgIpc) is 3.35. The van der Waals surface area contributed by atoms with E-state index in [1.54, 1.807) is 0 Å². The first-order valence-corrected chi connectivity index (χ1v) is 11.1. The number of nitrogens with zero attached hydrogens (tertiary/aromatic N) is 4. The largest absolute Gasteiger partial charge is 0.357 e. The Balaban J connectivity index is 0.00000300. The Hall–Kier alpha value is -1.20. The molecular formula is C20H33IN6OS. The maximum atomic E-state index is 5.17. The fraction of sp³-hybridized carbons (Fsp3) is 0.650. The molecule has 1 fully saturated rings. The second kappa shape index (κ2) is 12.5. The van der Waals surface area contributed by atoms with Crippen molar-refractivity contribution in [3.8, 4) is 0 Å². The number of guanidine groups is 1. The highest BCUT2D eigenvalue weighted by molar-refractivity contribution is 14.0. The van der Waals surface area contributed by atoms with E-state index in [1.807, 2.05) is 18.3 Å². The summed E-state index contributed by atoms with van der Waals surface area (Å²) in [6.07, 6.45) is 3.23. The van der Waals surface area contributed by atoms with E-state index in [-0.39, 0.29) is 24.0 Å². The first-order valence-electron chi connectivity index (χ1n) is 10.2. The van der Waals surface area contributed by atoms with Gasteiger partial charge >= 0.3 is 0 Å². The molecule has 2 N–H and O–H groups in total. The summed E-state index contributed by atoms with van der Waals surface area (Å²) >= 11 is 1.83. The second-order valence-electron chi connectivity index (χ2n) is 7.38. The molecule has 0 saturated carbocycles. The number of hydrogen-bond acceptors (Lipinski definition) is 6. The first-order chi connectivity index (χ1) is 13.7. The number of halogens is 1. The molecule has 0 aliphatic carbocycles. The SMILES string of the molecule is CCNC(=NCC(c1cccs1)N1CCC(C)CC1)NCCc1nc(C)no1.I. The van der Waals surface area contributed by atoms with Crippen LogP contribution >= 0.6 is 35.3 Å². The number of thiophene rings is 1. The summed E-state index contributed by atoms with van der Waals surface area (Å²) in [6, 6.07) is 4.72. The fourth-order valence-electron chi connectivity index (χ4n) is 3.46. The smallest absolute Gasteiger partial charge is 0.228 e. The highest BCUT2D eigenvalue weighted by Gasteiger charge is 2.25. The minimum Gasteiger partial charge on any atom is -0.357 e. The van der Waals surface area contributed by atoms with Crippen LogP contribution in [0.2, 0.25) is 0 Å². The molecule has 7 nitrogen and oxygen atoms in total. The molecule has 1 unspecified atom stereocenters. The van der Waals surface area contributed by atoms with Gasteiger partial charge in [0.25, 0.3) is 0 Å². The van der Waals surface area contributed by atoms with Gasteiger partial charge in [0.05, 0.1) is 12.6 Å². The van der Waals surface area contributed by atoms with Gasteiger partial charge in [0.2, 0.25) is 5.89 Å². The van der Waals surface area contributed by atoms with Crippen LogP contribution in [0.5, 0.6) is 0 Å². The molecule has 162 valence electrons. The maximum absolute atomic E-state index is 5.17. The third-order valence-electron chi connectivity index (χ3n) is 5.10. The number of likely N-dealkylation sites (tertiary alicyclic amines) is 1. The Kier molecular flexibility index (Phi) is 10.4. The van der Waals surface area contributed by atoms with E-state index in [4.69, 9.17) is 9.52 Å². The molecule has 1 aliphatic heterocycles. The molecular weight excluding hydrogens is 499 g/mol. The Morgan fingerprint density at radius 2 is 2.17 bits per heavy atom. The van der Waals surface area contributed by atoms with Crippen LogP contribution in [0, 0.1) is 12.8 Å². The number of hydrogen-bond donors (Lipinski definition) is 2. The molecule has 3 heterocycles. The molecule has 2 aromatic rings. The lowest BCUT2D eigenvalue weighted by molar-refractivity contribution is 0.143. The van der Waals surface area contributed by atoms with Gasteiger partial charge < -0.3 is 15.2 Å². The number of aryl methyl sites for hydroxylation is 1. The van der Waals surface area contributed by atoms with Crippen molar-refractivity contribution in [3.63, 3.8) is 0 Å². The number of aromatic nitrogens is 2. The van der Waals surface area contributed by atoms with E-state index in [0.717, 1.165) is 38.1 Å². The van der Waals surface area contributed by atoms with Gasteiger partial charge in [-0.1, -0.05) is 18.1 Å². The van der Waals surface area contributed by atoms with E-state index < -0.39 is 0 Å². The highest BCUT2D eigenvalue weighted by Crippen LogP contribution is 2.29. The van der Waals surface area contributed by atoms with Gasteiger partial charge in [0.15, 0.2) is 11.8 Å². The van der Waals surface area contributed by atoms with Crippen molar-refractivity contribution in [1.29, 1.82) is 0 Å². The van der Waals surface area contributed by atoms with Crippen LogP contribution in [0.25, 0.3) is 0 Å². The van der Waals surface area contributed by atoms with Gasteiger partial charge in [-0.2, -0.15) is 4.98 Å². The molecule has 0 aromatic carbocycles. The monoisotopic (exact) mass is 532 g/mol. The first kappa shape index (κ1) is 24.1. The average molecular weight is 532 g/mol. The van der Waals surface area contributed by atoms with E-state index in [2.05, 4.69) is 57.0 Å². The fourth-order valence-corrected chi connectivity index (χ4v) is 4.31. The molecule has 1 saturated heterocycles. The van der Waals surface area contributed by atoms with Crippen LogP contribution < -0.4 is 10.6 Å². The lowest BCUT2D eigenvalue weighted by atomic mass is 9.97. The van der Waals surface area contributed by atoms with Crippen molar-refractivity contribution in [3.05, 3.63) is 34.1 Å². The van der Waals surface area contributed by atoms with Crippen molar-refractivity contribution in [2.24, 2.45) is 10.9 Å². The van der Waals surface area contributed by atoms with E-state index in [1.165, 1.54) is 17.7 Å². The lowest BCUT2D eigenvalue weighted by Gasteiger charge is -2.35. The van der Waals surface area contributed by atoms with Gasteiger partial charge in [-0.15, -0.1) is 35.3 Å². The predicted octanol–water partition coefficient (Wildman–Crippen LogP) is 3.63. The normalized spacial score (nSPS) is 17.0. The van der Waals surface area contributed by atoms with E-state index >= 15 is 0 Å². The van der Waals surface area contributed by atoms with Crippen molar-refractivity contribution in [2.45, 2.75) is 46.1 Å². The van der Waals surface area contributed by atoms with Crippen LogP contribution in [-0.4, -0.2) is 53.7 Å². The topological polar surface area (TPSA) is 78.6 Å². The van der Waals surface area contributed by atoms with Gasteiger partial charge in [-0.3, -0.25) is 9.89 Å². The highest BCUT2D eigenvalue weighted by atomic mass is 127. The summed E-state index contributed by atoms with van der Waals surface area (Å²) < 4.78 is 5.17. The Morgan fingerprint density at radius 3 is 2.79 bits per heavy atom. The molecule has 29 heavy (non-hydrogen) atoms. The number of aliphatic imine (C=N–C) groups is 1. The lowest BCUT2D eigenvalue weighted by Crippen LogP contribution is -2.40. The minimum atomic E-state index is 0. The maximum Gasteiger partial charge on any atom is 0.228 e. The zero-order valence-electron chi connectivity index (χ0n) is 17.6.